The summed E-state index contributed by atoms with van der Waals surface area (Å²) < 4.78 is 10.2. The highest BCUT2D eigenvalue weighted by Crippen LogP contribution is 2.23. The van der Waals surface area contributed by atoms with E-state index in [9.17, 15) is 9.59 Å². The summed E-state index contributed by atoms with van der Waals surface area (Å²) in [5.41, 5.74) is 0.563. The first-order chi connectivity index (χ1) is 10.5. The number of amides is 1. The van der Waals surface area contributed by atoms with Crippen molar-refractivity contribution in [2.24, 2.45) is 0 Å². The van der Waals surface area contributed by atoms with Crippen molar-refractivity contribution in [3.63, 3.8) is 0 Å². The summed E-state index contributed by atoms with van der Waals surface area (Å²) >= 11 is 7.49. The molecule has 0 aliphatic carbocycles. The van der Waals surface area contributed by atoms with Crippen LogP contribution in [0.3, 0.4) is 0 Å². The van der Waals surface area contributed by atoms with E-state index in [4.69, 9.17) is 20.8 Å². The van der Waals surface area contributed by atoms with Crippen molar-refractivity contribution in [1.29, 1.82) is 0 Å². The Morgan fingerprint density at radius 3 is 2.86 bits per heavy atom. The van der Waals surface area contributed by atoms with Crippen LogP contribution in [0.4, 0.5) is 0 Å². The maximum Gasteiger partial charge on any atom is 0.328 e. The summed E-state index contributed by atoms with van der Waals surface area (Å²) in [4.78, 5) is 23.9. The second-order valence-electron chi connectivity index (χ2n) is 4.62. The first-order valence-corrected chi connectivity index (χ1v) is 8.39. The second-order valence-corrected chi connectivity index (χ2v) is 6.05. The number of hydrogen-bond acceptors (Lipinski definition) is 5. The first-order valence-electron chi connectivity index (χ1n) is 6.62. The number of methoxy groups -OCH3 is 1. The number of rotatable bonds is 6. The maximum absolute atomic E-state index is 12.2. The van der Waals surface area contributed by atoms with Gasteiger partial charge in [0.1, 0.15) is 11.6 Å². The van der Waals surface area contributed by atoms with Crippen LogP contribution in [-0.2, 0) is 9.53 Å². The molecule has 22 heavy (non-hydrogen) atoms. The summed E-state index contributed by atoms with van der Waals surface area (Å²) in [6.45, 7) is 0. The Morgan fingerprint density at radius 2 is 2.18 bits per heavy atom. The Bertz CT molecular complexity index is 685. The summed E-state index contributed by atoms with van der Waals surface area (Å²) in [6, 6.07) is 5.99. The van der Waals surface area contributed by atoms with Gasteiger partial charge in [0.15, 0.2) is 5.76 Å². The third-order valence-corrected chi connectivity index (χ3v) is 3.98. The SMILES string of the molecule is COC(=O)[C@@H](CCSC)NC(=O)c1cc2cc(Cl)ccc2o1. The average Bonchev–Trinajstić information content (AvgIpc) is 2.93. The molecule has 1 amide bonds. The number of carbonyl (C=O) groups excluding carboxylic acids is 2. The predicted octanol–water partition coefficient (Wildman–Crippen LogP) is 3.11. The number of esters is 1. The highest BCUT2D eigenvalue weighted by molar-refractivity contribution is 7.98. The summed E-state index contributed by atoms with van der Waals surface area (Å²) in [7, 11) is 1.30. The minimum atomic E-state index is -0.693. The number of furan rings is 1. The number of carbonyl (C=O) groups is 2. The van der Waals surface area contributed by atoms with Gasteiger partial charge in [0.2, 0.25) is 0 Å². The first kappa shape index (κ1) is 16.7. The van der Waals surface area contributed by atoms with Crippen LogP contribution in [0.15, 0.2) is 28.7 Å². The topological polar surface area (TPSA) is 68.5 Å². The number of halogens is 1. The molecule has 0 aliphatic heterocycles. The molecular formula is C15H16ClNO4S. The standard InChI is InChI=1S/C15H16ClNO4S/c1-20-15(19)11(5-6-22-2)17-14(18)13-8-9-7-10(16)3-4-12(9)21-13/h3-4,7-8,11H,5-6H2,1-2H3,(H,17,18)/t11-/m1/s1. The molecule has 0 fully saturated rings. The number of benzene rings is 1. The van der Waals surface area contributed by atoms with Crippen LogP contribution < -0.4 is 5.32 Å². The number of ether oxygens (including phenoxy) is 1. The van der Waals surface area contributed by atoms with Gasteiger partial charge in [0.25, 0.3) is 5.91 Å². The Morgan fingerprint density at radius 1 is 1.41 bits per heavy atom. The van der Waals surface area contributed by atoms with E-state index in [1.807, 2.05) is 6.26 Å². The van der Waals surface area contributed by atoms with Crippen molar-refractivity contribution in [1.82, 2.24) is 5.32 Å². The molecule has 1 aromatic carbocycles. The number of hydrogen-bond donors (Lipinski definition) is 1. The van der Waals surface area contributed by atoms with E-state index >= 15 is 0 Å². The molecule has 1 aromatic heterocycles. The Labute approximate surface area is 137 Å². The van der Waals surface area contributed by atoms with Crippen LogP contribution >= 0.6 is 23.4 Å². The molecule has 1 heterocycles. The molecule has 2 rings (SSSR count). The molecule has 0 saturated carbocycles. The lowest BCUT2D eigenvalue weighted by molar-refractivity contribution is -0.142. The van der Waals surface area contributed by atoms with Crippen molar-refractivity contribution in [2.75, 3.05) is 19.1 Å². The van der Waals surface area contributed by atoms with Crippen LogP contribution in [0.25, 0.3) is 11.0 Å². The fourth-order valence-electron chi connectivity index (χ4n) is 1.98. The van der Waals surface area contributed by atoms with Crippen LogP contribution in [0.1, 0.15) is 17.0 Å². The van der Waals surface area contributed by atoms with E-state index in [0.717, 1.165) is 11.1 Å². The fraction of sp³-hybridized carbons (Fsp3) is 0.333. The minimum Gasteiger partial charge on any atom is -0.467 e. The van der Waals surface area contributed by atoms with Gasteiger partial charge < -0.3 is 14.5 Å². The van der Waals surface area contributed by atoms with Gasteiger partial charge in [-0.3, -0.25) is 4.79 Å². The third-order valence-electron chi connectivity index (χ3n) is 3.10. The zero-order valence-electron chi connectivity index (χ0n) is 12.2. The van der Waals surface area contributed by atoms with Crippen molar-refractivity contribution in [3.8, 4) is 0 Å². The molecule has 0 saturated heterocycles. The molecule has 0 unspecified atom stereocenters. The molecule has 7 heteroatoms. The van der Waals surface area contributed by atoms with E-state index < -0.39 is 17.9 Å². The lowest BCUT2D eigenvalue weighted by Gasteiger charge is -2.14. The number of nitrogens with one attached hydrogen (secondary N) is 1. The lowest BCUT2D eigenvalue weighted by Crippen LogP contribution is -2.41. The van der Waals surface area contributed by atoms with Gasteiger partial charge in [-0.25, -0.2) is 4.79 Å². The molecule has 2 aromatic rings. The number of thioether (sulfide) groups is 1. The normalized spacial score (nSPS) is 12.1. The van der Waals surface area contributed by atoms with E-state index in [-0.39, 0.29) is 5.76 Å². The van der Waals surface area contributed by atoms with Crippen LogP contribution in [0.5, 0.6) is 0 Å². The van der Waals surface area contributed by atoms with Gasteiger partial charge >= 0.3 is 5.97 Å². The quantitative estimate of drug-likeness (QED) is 0.818. The van der Waals surface area contributed by atoms with Gasteiger partial charge in [-0.2, -0.15) is 11.8 Å². The molecule has 5 nitrogen and oxygen atoms in total. The average molecular weight is 342 g/mol. The molecular weight excluding hydrogens is 326 g/mol. The van der Waals surface area contributed by atoms with Gasteiger partial charge in [-0.15, -0.1) is 0 Å². The van der Waals surface area contributed by atoms with Crippen LogP contribution in [-0.4, -0.2) is 37.0 Å². The number of fused-ring (bicyclic) bond motifs is 1. The zero-order valence-corrected chi connectivity index (χ0v) is 13.8. The monoisotopic (exact) mass is 341 g/mol. The van der Waals surface area contributed by atoms with Gasteiger partial charge in [-0.05, 0) is 42.7 Å². The van der Waals surface area contributed by atoms with Crippen LogP contribution in [0, 0.1) is 0 Å². The lowest BCUT2D eigenvalue weighted by atomic mass is 10.2. The maximum atomic E-state index is 12.2. The van der Waals surface area contributed by atoms with E-state index in [1.54, 1.807) is 36.0 Å². The third kappa shape index (κ3) is 3.96. The largest absolute Gasteiger partial charge is 0.467 e. The van der Waals surface area contributed by atoms with E-state index in [2.05, 4.69) is 5.32 Å². The Balaban J connectivity index is 2.15. The van der Waals surface area contributed by atoms with Crippen molar-refractivity contribution in [2.45, 2.75) is 12.5 Å². The summed E-state index contributed by atoms with van der Waals surface area (Å²) in [5.74, 6) is -0.0591. The fourth-order valence-corrected chi connectivity index (χ4v) is 2.63. The van der Waals surface area contributed by atoms with E-state index in [0.29, 0.717) is 17.0 Å². The smallest absolute Gasteiger partial charge is 0.328 e. The van der Waals surface area contributed by atoms with Crippen molar-refractivity contribution >= 4 is 46.2 Å². The molecule has 1 N–H and O–H groups in total. The highest BCUT2D eigenvalue weighted by atomic mass is 35.5. The van der Waals surface area contributed by atoms with Gasteiger partial charge in [-0.1, -0.05) is 11.6 Å². The van der Waals surface area contributed by atoms with Gasteiger partial charge in [0, 0.05) is 10.4 Å². The second kappa shape index (κ2) is 7.56. The molecule has 0 bridgehead atoms. The molecule has 0 radical (unpaired) electrons. The summed E-state index contributed by atoms with van der Waals surface area (Å²) in [5, 5.41) is 3.94. The van der Waals surface area contributed by atoms with Crippen LogP contribution in [0.2, 0.25) is 5.02 Å². The van der Waals surface area contributed by atoms with Gasteiger partial charge in [0.05, 0.1) is 7.11 Å². The highest BCUT2D eigenvalue weighted by Gasteiger charge is 2.23. The zero-order chi connectivity index (χ0) is 16.1. The predicted molar refractivity (Wildman–Crippen MR) is 87.5 cm³/mol. The summed E-state index contributed by atoms with van der Waals surface area (Å²) in [6.07, 6.45) is 2.42. The minimum absolute atomic E-state index is 0.135. The molecule has 0 aliphatic rings. The Hall–Kier alpha value is -1.66. The molecule has 0 spiro atoms. The van der Waals surface area contributed by atoms with Crippen molar-refractivity contribution < 1.29 is 18.7 Å². The van der Waals surface area contributed by atoms with Crippen molar-refractivity contribution in [3.05, 3.63) is 35.0 Å². The molecule has 1 atom stereocenters. The molecule has 118 valence electrons. The van der Waals surface area contributed by atoms with E-state index in [1.165, 1.54) is 7.11 Å². The Kier molecular flexibility index (Phi) is 5.74.